The molecule has 2 unspecified atom stereocenters. The first kappa shape index (κ1) is 62.2. The molecule has 5 amide bonds. The van der Waals surface area contributed by atoms with Gasteiger partial charge in [0.2, 0.25) is 27.5 Å². The molecule has 0 saturated carbocycles. The molecule has 4 radical (unpaired) electrons. The average molecular weight is 1080 g/mol. The van der Waals surface area contributed by atoms with Crippen molar-refractivity contribution in [3.8, 4) is 0 Å². The maximum atomic E-state index is 13.4. The molecular formula is C54H59B2N9O14. The summed E-state index contributed by atoms with van der Waals surface area (Å²) in [5.74, 6) is -6.46. The van der Waals surface area contributed by atoms with Gasteiger partial charge in [-0.25, -0.2) is 38.3 Å². The molecule has 25 heteroatoms. The van der Waals surface area contributed by atoms with Crippen molar-refractivity contribution in [3.63, 3.8) is 0 Å². The zero-order chi connectivity index (χ0) is 56.4. The number of aromatic nitrogens is 4. The molecule has 2 aromatic heterocycles. The van der Waals surface area contributed by atoms with Crippen LogP contribution in [0.25, 0.3) is 0 Å². The number of aliphatic carboxylic acids is 1. The van der Waals surface area contributed by atoms with Gasteiger partial charge < -0.3 is 51.0 Å². The number of hydrogen-bond donors (Lipinski definition) is 7. The first-order valence-electron chi connectivity index (χ1n) is 24.1. The van der Waals surface area contributed by atoms with Gasteiger partial charge in [0.15, 0.2) is 23.8 Å². The third-order valence-electron chi connectivity index (χ3n) is 11.1. The fourth-order valence-electron chi connectivity index (χ4n) is 7.20. The zero-order valence-electron chi connectivity index (χ0n) is 42.1. The largest absolute Gasteiger partial charge is 0.480 e. The second-order valence-corrected chi connectivity index (χ2v) is 17.1. The lowest BCUT2D eigenvalue weighted by Gasteiger charge is -2.26. The summed E-state index contributed by atoms with van der Waals surface area (Å²) in [4.78, 5) is 118. The number of hydrogen-bond acceptors (Lipinski definition) is 15. The van der Waals surface area contributed by atoms with Crippen LogP contribution < -0.4 is 26.6 Å². The van der Waals surface area contributed by atoms with E-state index in [1.54, 1.807) is 73.7 Å². The summed E-state index contributed by atoms with van der Waals surface area (Å²) in [6.45, 7) is 1.27. The Balaban J connectivity index is 0.000000448. The van der Waals surface area contributed by atoms with E-state index in [4.69, 9.17) is 35.0 Å². The molecule has 0 fully saturated rings. The van der Waals surface area contributed by atoms with Crippen LogP contribution in [-0.4, -0.2) is 129 Å². The Bertz CT molecular complexity index is 2950. The second-order valence-electron chi connectivity index (χ2n) is 17.1. The molecule has 0 aliphatic rings. The predicted octanol–water partition coefficient (Wildman–Crippen LogP) is 3.80. The van der Waals surface area contributed by atoms with Crippen molar-refractivity contribution in [2.24, 2.45) is 0 Å². The van der Waals surface area contributed by atoms with E-state index < -0.39 is 90.3 Å². The molecular weight excluding hydrogens is 1020 g/mol. The van der Waals surface area contributed by atoms with E-state index in [0.717, 1.165) is 25.8 Å². The topological polar surface area (TPSA) is 318 Å². The highest BCUT2D eigenvalue weighted by atomic mass is 16.6. The Morgan fingerprint density at radius 2 is 1.01 bits per heavy atom. The van der Waals surface area contributed by atoms with E-state index in [1.807, 2.05) is 54.6 Å². The lowest BCUT2D eigenvalue weighted by atomic mass is 10.0. The third kappa shape index (κ3) is 21.3. The third-order valence-corrected chi connectivity index (χ3v) is 11.1. The fraction of sp³-hybridized carbons (Fsp3) is 0.278. The quantitative estimate of drug-likeness (QED) is 0.0258. The van der Waals surface area contributed by atoms with Crippen molar-refractivity contribution in [2.75, 3.05) is 6.54 Å². The predicted molar refractivity (Wildman–Crippen MR) is 286 cm³/mol. The summed E-state index contributed by atoms with van der Waals surface area (Å²) in [6, 6.07) is 30.8. The lowest BCUT2D eigenvalue weighted by molar-refractivity contribution is -0.149. The monoisotopic (exact) mass is 1080 g/mol. The smallest absolute Gasteiger partial charge is 0.419 e. The number of nitrogens with zero attached hydrogens (tertiary/aromatic N) is 4. The minimum Gasteiger partial charge on any atom is -0.480 e. The highest BCUT2D eigenvalue weighted by molar-refractivity contribution is 6.57. The molecule has 4 aromatic carbocycles. The van der Waals surface area contributed by atoms with Gasteiger partial charge in [0.05, 0.1) is 24.0 Å². The molecule has 6 rings (SSSR count). The summed E-state index contributed by atoms with van der Waals surface area (Å²) in [5.41, 5.74) is 3.35. The number of aliphatic hydroxyl groups excluding tert-OH is 1. The summed E-state index contributed by atoms with van der Waals surface area (Å²) in [6.07, 6.45) is 2.17. The number of imidazole rings is 2. The number of carboxylic acid groups (broad SMARTS) is 1. The average Bonchev–Trinajstić information content (AvgIpc) is 4.13. The number of rotatable bonds is 24. The number of nitrogens with one attached hydrogen (secondary N) is 5. The van der Waals surface area contributed by atoms with Crippen LogP contribution >= 0.6 is 0 Å². The van der Waals surface area contributed by atoms with Crippen LogP contribution in [0.15, 0.2) is 146 Å². The van der Waals surface area contributed by atoms with Crippen molar-refractivity contribution in [2.45, 2.75) is 90.1 Å². The van der Waals surface area contributed by atoms with E-state index in [2.05, 4.69) is 36.6 Å². The highest BCUT2D eigenvalue weighted by Crippen LogP contribution is 2.16. The van der Waals surface area contributed by atoms with Gasteiger partial charge in [0.25, 0.3) is 5.91 Å². The molecule has 23 nitrogen and oxygen atoms in total. The highest BCUT2D eigenvalue weighted by Gasteiger charge is 2.32. The Labute approximate surface area is 457 Å². The SMILES string of the molecule is C.[B]C(=O)N[C@@H](Cc1cn(C(=O)OCc2ccccc2)cn1)C(=O)NC(CCC)C(O)C(=O)NCC(=O)N[C@H](C(=O)OCc1ccccc1)c1ccccc1.[B]C(=O)N[C@@H](Cc1cn(C(=O)OCc2ccccc2)cn1)C(=O)O. The van der Waals surface area contributed by atoms with Crippen LogP contribution in [0.5, 0.6) is 0 Å². The molecule has 0 saturated heterocycles. The van der Waals surface area contributed by atoms with Gasteiger partial charge in [-0.3, -0.25) is 24.0 Å². The molecule has 79 heavy (non-hydrogen) atoms. The molecule has 2 heterocycles. The number of benzene rings is 4. The maximum absolute atomic E-state index is 13.4. The van der Waals surface area contributed by atoms with Crippen LogP contribution in [0.2, 0.25) is 0 Å². The van der Waals surface area contributed by atoms with Crippen molar-refractivity contribution in [1.29, 1.82) is 0 Å². The Hall–Kier alpha value is -9.38. The molecule has 5 atom stereocenters. The molecule has 0 aliphatic heterocycles. The van der Waals surface area contributed by atoms with Crippen LogP contribution in [0.4, 0.5) is 19.2 Å². The summed E-state index contributed by atoms with van der Waals surface area (Å²) < 4.78 is 18.0. The van der Waals surface area contributed by atoms with Gasteiger partial charge in [-0.15, -0.1) is 0 Å². The van der Waals surface area contributed by atoms with E-state index in [1.165, 1.54) is 25.0 Å². The van der Waals surface area contributed by atoms with E-state index >= 15 is 0 Å². The van der Waals surface area contributed by atoms with Gasteiger partial charge in [0, 0.05) is 25.2 Å². The number of carboxylic acids is 1. The zero-order valence-corrected chi connectivity index (χ0v) is 42.1. The number of carbonyl (C=O) groups is 9. The van der Waals surface area contributed by atoms with Crippen molar-refractivity contribution in [1.82, 2.24) is 45.7 Å². The molecule has 0 aliphatic carbocycles. The standard InChI is InChI=1S/C38H41BN6O9.C15H14BN3O5.CH4/c1-2-12-29(42-34(48)30(43-37(39)51)19-28-21-45(24-41-28)38(52)54-23-26-15-8-4-9-16-26)33(47)35(49)40-20-31(46)44-32(27-17-10-5-11-18-27)36(50)53-22-25-13-6-3-7-14-25;16-14(22)18-12(13(20)21)6-11-7-19(9-17-11)15(23)24-8-10-4-2-1-3-5-10;/h3-11,13-18,21,24,29-30,32-33,47H,2,12,19-20,22-23H2,1H3,(H,40,49)(H,42,48)(H,43,51)(H,44,46);1-5,7,9,12H,6,8H2,(H,18,22)(H,20,21);1H4/t29?,30-,32-,33?;12-;/m00./s1. The minimum atomic E-state index is -1.81. The molecule has 6 aromatic rings. The second kappa shape index (κ2) is 32.3. The van der Waals surface area contributed by atoms with Crippen molar-refractivity contribution < 1.29 is 67.6 Å². The number of esters is 1. The Kier molecular flexibility index (Phi) is 25.4. The van der Waals surface area contributed by atoms with E-state index in [9.17, 15) is 48.3 Å². The molecule has 0 spiro atoms. The summed E-state index contributed by atoms with van der Waals surface area (Å²) in [7, 11) is 10.2. The number of ether oxygens (including phenoxy) is 3. The lowest BCUT2D eigenvalue weighted by Crippen LogP contribution is -2.56. The van der Waals surface area contributed by atoms with E-state index in [0.29, 0.717) is 17.7 Å². The van der Waals surface area contributed by atoms with Crippen LogP contribution in [0.3, 0.4) is 0 Å². The summed E-state index contributed by atoms with van der Waals surface area (Å²) >= 11 is 0. The van der Waals surface area contributed by atoms with Crippen LogP contribution in [0, 0.1) is 0 Å². The number of aliphatic hydroxyl groups is 1. The number of amides is 5. The fourth-order valence-corrected chi connectivity index (χ4v) is 7.20. The Morgan fingerprint density at radius 1 is 0.582 bits per heavy atom. The van der Waals surface area contributed by atoms with Gasteiger partial charge in [-0.1, -0.05) is 142 Å². The first-order valence-corrected chi connectivity index (χ1v) is 24.1. The maximum Gasteiger partial charge on any atom is 0.419 e. The van der Waals surface area contributed by atoms with E-state index in [-0.39, 0.29) is 52.2 Å². The van der Waals surface area contributed by atoms with Crippen LogP contribution in [-0.2, 0) is 70.8 Å². The van der Waals surface area contributed by atoms with Gasteiger partial charge >= 0.3 is 24.1 Å². The first-order chi connectivity index (χ1) is 37.5. The molecule has 0 bridgehead atoms. The molecule has 7 N–H and O–H groups in total. The summed E-state index contributed by atoms with van der Waals surface area (Å²) in [5, 5.41) is 31.8. The minimum absolute atomic E-state index is 0. The Morgan fingerprint density at radius 3 is 1.46 bits per heavy atom. The van der Waals surface area contributed by atoms with Crippen molar-refractivity contribution >= 4 is 69.2 Å². The molecule has 410 valence electrons. The van der Waals surface area contributed by atoms with Gasteiger partial charge in [0.1, 0.15) is 44.6 Å². The number of carbonyl (C=O) groups excluding carboxylic acids is 8. The van der Waals surface area contributed by atoms with Crippen LogP contribution in [0.1, 0.15) is 66.9 Å². The van der Waals surface area contributed by atoms with Crippen molar-refractivity contribution in [3.05, 3.63) is 180 Å². The normalized spacial score (nSPS) is 12.3. The van der Waals surface area contributed by atoms with Gasteiger partial charge in [-0.05, 0) is 28.7 Å². The van der Waals surface area contributed by atoms with Gasteiger partial charge in [-0.2, -0.15) is 0 Å².